The summed E-state index contributed by atoms with van der Waals surface area (Å²) in [7, 11) is 2.91. The summed E-state index contributed by atoms with van der Waals surface area (Å²) in [5, 5.41) is 0. The molecule has 1 atom stereocenters. The van der Waals surface area contributed by atoms with Gasteiger partial charge in [-0.2, -0.15) is 0 Å². The van der Waals surface area contributed by atoms with Crippen LogP contribution in [0.4, 0.5) is 0 Å². The Bertz CT molecular complexity index is 659. The van der Waals surface area contributed by atoms with E-state index in [-0.39, 0.29) is 21.2 Å². The number of hydrogen-bond donors (Lipinski definition) is 0. The Labute approximate surface area is 135 Å². The summed E-state index contributed by atoms with van der Waals surface area (Å²) >= 11 is 2.96. The highest BCUT2D eigenvalue weighted by molar-refractivity contribution is 9.10. The van der Waals surface area contributed by atoms with Crippen molar-refractivity contribution in [3.05, 3.63) is 16.5 Å². The topological polar surface area (TPSA) is 76.8 Å². The van der Waals surface area contributed by atoms with Gasteiger partial charge in [0.05, 0.1) is 5.60 Å². The monoisotopic (exact) mass is 399 g/mol. The first-order chi connectivity index (χ1) is 9.66. The van der Waals surface area contributed by atoms with Crippen molar-refractivity contribution in [1.29, 1.82) is 0 Å². The number of nitrogens with zero attached hydrogens (tertiary/aromatic N) is 1. The van der Waals surface area contributed by atoms with E-state index in [1.54, 1.807) is 12.0 Å². The largest absolute Gasteiger partial charge is 0.443 e. The number of piperidine rings is 1. The van der Waals surface area contributed by atoms with Gasteiger partial charge in [-0.25, -0.2) is 8.42 Å². The molecule has 2 heterocycles. The van der Waals surface area contributed by atoms with Gasteiger partial charge in [-0.15, -0.1) is 0 Å². The van der Waals surface area contributed by atoms with Gasteiger partial charge in [0.25, 0.3) is 15.0 Å². The van der Waals surface area contributed by atoms with E-state index in [9.17, 15) is 13.2 Å². The number of carbonyl (C=O) groups is 1. The van der Waals surface area contributed by atoms with Crippen LogP contribution in [0.2, 0.25) is 0 Å². The van der Waals surface area contributed by atoms with Crippen molar-refractivity contribution in [2.75, 3.05) is 20.2 Å². The molecule has 1 amide bonds. The van der Waals surface area contributed by atoms with Gasteiger partial charge in [-0.1, -0.05) is 0 Å². The Morgan fingerprint density at radius 3 is 2.76 bits per heavy atom. The summed E-state index contributed by atoms with van der Waals surface area (Å²) in [6.07, 6.45) is 1.66. The van der Waals surface area contributed by atoms with E-state index < -0.39 is 14.7 Å². The molecule has 118 valence electrons. The fourth-order valence-corrected chi connectivity index (χ4v) is 4.36. The third kappa shape index (κ3) is 3.61. The average Bonchev–Trinajstić information content (AvgIpc) is 2.80. The van der Waals surface area contributed by atoms with Crippen molar-refractivity contribution in [3.63, 3.8) is 0 Å². The zero-order valence-electron chi connectivity index (χ0n) is 11.6. The highest BCUT2D eigenvalue weighted by atomic mass is 79.9. The first-order valence-corrected chi connectivity index (χ1v) is 9.35. The van der Waals surface area contributed by atoms with E-state index in [0.29, 0.717) is 13.1 Å². The van der Waals surface area contributed by atoms with E-state index in [0.717, 1.165) is 18.9 Å². The molecule has 1 fully saturated rings. The van der Waals surface area contributed by atoms with Gasteiger partial charge in [0.2, 0.25) is 0 Å². The van der Waals surface area contributed by atoms with Gasteiger partial charge >= 0.3 is 0 Å². The number of carbonyl (C=O) groups excluding carboxylic acids is 1. The van der Waals surface area contributed by atoms with Crippen molar-refractivity contribution in [2.24, 2.45) is 0 Å². The zero-order chi connectivity index (χ0) is 15.8. The molecule has 0 saturated carbocycles. The lowest BCUT2D eigenvalue weighted by Gasteiger charge is -2.39. The smallest absolute Gasteiger partial charge is 0.289 e. The van der Waals surface area contributed by atoms with Crippen LogP contribution < -0.4 is 0 Å². The fourth-order valence-electron chi connectivity index (χ4n) is 2.33. The fraction of sp³-hybridized carbons (Fsp3) is 0.583. The first kappa shape index (κ1) is 16.8. The van der Waals surface area contributed by atoms with Crippen molar-refractivity contribution in [2.45, 2.75) is 30.3 Å². The molecule has 0 aliphatic carbocycles. The minimum absolute atomic E-state index is 0.0681. The maximum atomic E-state index is 12.4. The van der Waals surface area contributed by atoms with E-state index in [1.807, 2.05) is 6.92 Å². The minimum Gasteiger partial charge on any atom is -0.443 e. The number of methoxy groups -OCH3 is 1. The third-order valence-electron chi connectivity index (χ3n) is 3.57. The molecule has 2 rings (SSSR count). The summed E-state index contributed by atoms with van der Waals surface area (Å²) in [5.74, 6) is -0.452. The van der Waals surface area contributed by atoms with Crippen LogP contribution in [-0.2, 0) is 13.8 Å². The number of ether oxygens (including phenoxy) is 1. The lowest BCUT2D eigenvalue weighted by Crippen LogP contribution is -2.49. The lowest BCUT2D eigenvalue weighted by atomic mass is 9.94. The summed E-state index contributed by atoms with van der Waals surface area (Å²) in [4.78, 5) is 13.7. The molecule has 9 heteroatoms. The van der Waals surface area contributed by atoms with Gasteiger partial charge in [-0.05, 0) is 35.7 Å². The molecule has 1 aromatic heterocycles. The van der Waals surface area contributed by atoms with Crippen LogP contribution in [0.5, 0.6) is 0 Å². The number of likely N-dealkylation sites (tertiary alicyclic amines) is 1. The molecule has 0 spiro atoms. The Morgan fingerprint density at radius 1 is 1.57 bits per heavy atom. The van der Waals surface area contributed by atoms with Crippen LogP contribution in [0, 0.1) is 0 Å². The Kier molecular flexibility index (Phi) is 4.72. The SMILES string of the molecule is COC1(C)CCCN(C(=O)c2cc(S(=O)(=O)Cl)c(Br)o2)C1. The average molecular weight is 401 g/mol. The van der Waals surface area contributed by atoms with E-state index in [2.05, 4.69) is 15.9 Å². The van der Waals surface area contributed by atoms with Crippen molar-refractivity contribution in [3.8, 4) is 0 Å². The Hall–Kier alpha value is -0.570. The first-order valence-electron chi connectivity index (χ1n) is 6.25. The second-order valence-electron chi connectivity index (χ2n) is 5.17. The van der Waals surface area contributed by atoms with Crippen LogP contribution in [0.1, 0.15) is 30.3 Å². The molecule has 1 aromatic rings. The number of amides is 1. The molecule has 21 heavy (non-hydrogen) atoms. The molecule has 1 unspecified atom stereocenters. The Balaban J connectivity index is 2.25. The zero-order valence-corrected chi connectivity index (χ0v) is 14.7. The summed E-state index contributed by atoms with van der Waals surface area (Å²) in [5.41, 5.74) is -0.404. The van der Waals surface area contributed by atoms with Gasteiger partial charge in [-0.3, -0.25) is 4.79 Å². The molecular formula is C12H15BrClNO5S. The van der Waals surface area contributed by atoms with Crippen LogP contribution >= 0.6 is 26.6 Å². The number of halogens is 2. The highest BCUT2D eigenvalue weighted by Gasteiger charge is 2.35. The molecule has 0 N–H and O–H groups in total. The third-order valence-corrected chi connectivity index (χ3v) is 5.75. The second kappa shape index (κ2) is 5.91. The predicted octanol–water partition coefficient (Wildman–Crippen LogP) is 2.61. The highest BCUT2D eigenvalue weighted by Crippen LogP contribution is 2.31. The van der Waals surface area contributed by atoms with Gasteiger partial charge < -0.3 is 14.1 Å². The standard InChI is InChI=1S/C12H15BrClNO5S/c1-12(19-2)4-3-5-15(7-12)11(16)8-6-9(10(13)20-8)21(14,17)18/h6H,3-5,7H2,1-2H3. The molecule has 1 saturated heterocycles. The van der Waals surface area contributed by atoms with Gasteiger partial charge in [0.15, 0.2) is 10.4 Å². The van der Waals surface area contributed by atoms with Crippen molar-refractivity contribution < 1.29 is 22.4 Å². The van der Waals surface area contributed by atoms with E-state index in [1.165, 1.54) is 0 Å². The predicted molar refractivity (Wildman–Crippen MR) is 80.0 cm³/mol. The maximum absolute atomic E-state index is 12.4. The quantitative estimate of drug-likeness (QED) is 0.729. The van der Waals surface area contributed by atoms with E-state index >= 15 is 0 Å². The van der Waals surface area contributed by atoms with Crippen LogP contribution in [0.25, 0.3) is 0 Å². The van der Waals surface area contributed by atoms with Gasteiger partial charge in [0.1, 0.15) is 4.90 Å². The number of rotatable bonds is 3. The van der Waals surface area contributed by atoms with Crippen molar-refractivity contribution >= 4 is 41.6 Å². The van der Waals surface area contributed by atoms with Crippen molar-refractivity contribution in [1.82, 2.24) is 4.90 Å². The minimum atomic E-state index is -3.97. The summed E-state index contributed by atoms with van der Waals surface area (Å²) in [6.45, 7) is 2.92. The summed E-state index contributed by atoms with van der Waals surface area (Å²) < 4.78 is 33.2. The lowest BCUT2D eigenvalue weighted by molar-refractivity contribution is -0.0445. The van der Waals surface area contributed by atoms with Gasteiger partial charge in [0, 0.05) is 36.9 Å². The van der Waals surface area contributed by atoms with Crippen LogP contribution in [0.15, 0.2) is 20.0 Å². The molecular weight excluding hydrogens is 386 g/mol. The number of furan rings is 1. The van der Waals surface area contributed by atoms with E-state index in [4.69, 9.17) is 19.8 Å². The molecule has 0 aromatic carbocycles. The normalized spacial score (nSPS) is 23.3. The second-order valence-corrected chi connectivity index (χ2v) is 8.43. The Morgan fingerprint density at radius 2 is 2.24 bits per heavy atom. The molecule has 0 bridgehead atoms. The number of hydrogen-bond acceptors (Lipinski definition) is 5. The molecule has 1 aliphatic rings. The van der Waals surface area contributed by atoms with Crippen LogP contribution in [-0.4, -0.2) is 45.0 Å². The molecule has 6 nitrogen and oxygen atoms in total. The molecule has 1 aliphatic heterocycles. The maximum Gasteiger partial charge on any atom is 0.289 e. The van der Waals surface area contributed by atoms with Crippen LogP contribution in [0.3, 0.4) is 0 Å². The molecule has 0 radical (unpaired) electrons. The summed E-state index contributed by atoms with van der Waals surface area (Å²) in [6, 6.07) is 1.13.